The van der Waals surface area contributed by atoms with Crippen LogP contribution in [0.4, 0.5) is 0 Å². The fourth-order valence-corrected chi connectivity index (χ4v) is 2.32. The topological polar surface area (TPSA) is 79.8 Å². The fraction of sp³-hybridized carbons (Fsp3) is 0.133. The van der Waals surface area contributed by atoms with E-state index in [0.717, 1.165) is 5.56 Å². The summed E-state index contributed by atoms with van der Waals surface area (Å²) in [6, 6.07) is 8.88. The van der Waals surface area contributed by atoms with Crippen molar-refractivity contribution in [2.45, 2.75) is 6.54 Å². The largest absolute Gasteiger partial charge is 0.355 e. The molecule has 0 atom stereocenters. The minimum Gasteiger partial charge on any atom is -0.355 e. The Morgan fingerprint density at radius 2 is 2.19 bits per heavy atom. The second kappa shape index (κ2) is 5.24. The molecular formula is C15H14N4O2. The number of rotatable bonds is 3. The van der Waals surface area contributed by atoms with Crippen LogP contribution in [0.15, 0.2) is 47.5 Å². The zero-order valence-electron chi connectivity index (χ0n) is 11.5. The van der Waals surface area contributed by atoms with E-state index in [1.807, 2.05) is 12.1 Å². The van der Waals surface area contributed by atoms with Gasteiger partial charge in [-0.05, 0) is 23.8 Å². The number of hydrogen-bond donors (Lipinski definition) is 2. The number of amides is 1. The SMILES string of the molecule is CNC(=O)c1cccc2[nH]n(Cc3cccnc3)c(=O)c12. The molecule has 6 nitrogen and oxygen atoms in total. The number of carbonyl (C=O) groups excluding carboxylic acids is 1. The van der Waals surface area contributed by atoms with E-state index in [1.54, 1.807) is 37.6 Å². The fourth-order valence-electron chi connectivity index (χ4n) is 2.32. The van der Waals surface area contributed by atoms with Crippen molar-refractivity contribution in [1.82, 2.24) is 20.1 Å². The average molecular weight is 282 g/mol. The molecule has 1 aromatic carbocycles. The van der Waals surface area contributed by atoms with Crippen molar-refractivity contribution in [2.24, 2.45) is 0 Å². The van der Waals surface area contributed by atoms with E-state index < -0.39 is 0 Å². The first-order valence-corrected chi connectivity index (χ1v) is 6.53. The molecule has 0 saturated heterocycles. The van der Waals surface area contributed by atoms with Crippen molar-refractivity contribution in [3.8, 4) is 0 Å². The van der Waals surface area contributed by atoms with Crippen LogP contribution in [0, 0.1) is 0 Å². The minimum atomic E-state index is -0.273. The van der Waals surface area contributed by atoms with Crippen LogP contribution < -0.4 is 10.9 Å². The highest BCUT2D eigenvalue weighted by atomic mass is 16.2. The van der Waals surface area contributed by atoms with Crippen LogP contribution in [0.5, 0.6) is 0 Å². The van der Waals surface area contributed by atoms with E-state index in [4.69, 9.17) is 0 Å². The maximum atomic E-state index is 12.5. The van der Waals surface area contributed by atoms with Gasteiger partial charge in [0.15, 0.2) is 0 Å². The Bertz CT molecular complexity index is 849. The lowest BCUT2D eigenvalue weighted by atomic mass is 10.1. The Balaban J connectivity index is 2.12. The van der Waals surface area contributed by atoms with Crippen LogP contribution in [-0.4, -0.2) is 27.7 Å². The number of aromatic nitrogens is 3. The first-order chi connectivity index (χ1) is 10.2. The molecule has 21 heavy (non-hydrogen) atoms. The zero-order valence-corrected chi connectivity index (χ0v) is 11.5. The van der Waals surface area contributed by atoms with Crippen molar-refractivity contribution in [1.29, 1.82) is 0 Å². The van der Waals surface area contributed by atoms with Crippen LogP contribution in [0.1, 0.15) is 15.9 Å². The molecule has 2 N–H and O–H groups in total. The van der Waals surface area contributed by atoms with Crippen molar-refractivity contribution in [2.75, 3.05) is 7.05 Å². The number of fused-ring (bicyclic) bond motifs is 1. The molecular weight excluding hydrogens is 268 g/mol. The normalized spacial score (nSPS) is 10.7. The van der Waals surface area contributed by atoms with E-state index in [1.165, 1.54) is 4.68 Å². The lowest BCUT2D eigenvalue weighted by Gasteiger charge is -2.00. The molecule has 106 valence electrons. The van der Waals surface area contributed by atoms with Crippen molar-refractivity contribution >= 4 is 16.8 Å². The quantitative estimate of drug-likeness (QED) is 0.756. The molecule has 3 aromatic rings. The number of nitrogens with one attached hydrogen (secondary N) is 2. The molecule has 0 spiro atoms. The molecule has 0 unspecified atom stereocenters. The van der Waals surface area contributed by atoms with Gasteiger partial charge in [0.25, 0.3) is 11.5 Å². The van der Waals surface area contributed by atoms with Crippen molar-refractivity contribution in [3.63, 3.8) is 0 Å². The summed E-state index contributed by atoms with van der Waals surface area (Å²) in [5, 5.41) is 5.98. The van der Waals surface area contributed by atoms with Crippen LogP contribution in [0.2, 0.25) is 0 Å². The third-order valence-electron chi connectivity index (χ3n) is 3.31. The summed E-state index contributed by atoms with van der Waals surface area (Å²) in [4.78, 5) is 28.4. The summed E-state index contributed by atoms with van der Waals surface area (Å²) in [6.45, 7) is 0.383. The first-order valence-electron chi connectivity index (χ1n) is 6.53. The lowest BCUT2D eigenvalue weighted by Crippen LogP contribution is -2.22. The molecule has 0 aliphatic carbocycles. The molecule has 0 radical (unpaired) electrons. The molecule has 6 heteroatoms. The van der Waals surface area contributed by atoms with Gasteiger partial charge in [-0.15, -0.1) is 0 Å². The standard InChI is InChI=1S/C15H14N4O2/c1-16-14(20)11-5-2-6-12-13(11)15(21)19(18-12)9-10-4-3-7-17-8-10/h2-8,18H,9H2,1H3,(H,16,20). The van der Waals surface area contributed by atoms with Crippen LogP contribution in [0.25, 0.3) is 10.9 Å². The summed E-state index contributed by atoms with van der Waals surface area (Å²) < 4.78 is 1.48. The number of hydrogen-bond acceptors (Lipinski definition) is 3. The van der Waals surface area contributed by atoms with Gasteiger partial charge in [0.05, 0.1) is 23.0 Å². The Kier molecular flexibility index (Phi) is 3.27. The van der Waals surface area contributed by atoms with Gasteiger partial charge in [-0.1, -0.05) is 12.1 Å². The van der Waals surface area contributed by atoms with Gasteiger partial charge in [-0.2, -0.15) is 0 Å². The minimum absolute atomic E-state index is 0.215. The van der Waals surface area contributed by atoms with Gasteiger partial charge in [0.2, 0.25) is 0 Å². The summed E-state index contributed by atoms with van der Waals surface area (Å²) in [5.74, 6) is -0.273. The summed E-state index contributed by atoms with van der Waals surface area (Å²) in [6.07, 6.45) is 3.39. The van der Waals surface area contributed by atoms with Gasteiger partial charge >= 0.3 is 0 Å². The number of pyridine rings is 1. The van der Waals surface area contributed by atoms with E-state index >= 15 is 0 Å². The van der Waals surface area contributed by atoms with Gasteiger partial charge in [0.1, 0.15) is 0 Å². The Morgan fingerprint density at radius 3 is 2.90 bits per heavy atom. The third kappa shape index (κ3) is 2.31. The lowest BCUT2D eigenvalue weighted by molar-refractivity contribution is 0.0964. The molecule has 0 saturated carbocycles. The van der Waals surface area contributed by atoms with E-state index in [2.05, 4.69) is 15.4 Å². The first kappa shape index (κ1) is 13.1. The van der Waals surface area contributed by atoms with E-state index in [0.29, 0.717) is 23.0 Å². The van der Waals surface area contributed by atoms with Gasteiger partial charge in [0, 0.05) is 19.4 Å². The zero-order chi connectivity index (χ0) is 14.8. The van der Waals surface area contributed by atoms with Gasteiger partial charge in [-0.25, -0.2) is 4.68 Å². The highest BCUT2D eigenvalue weighted by molar-refractivity contribution is 6.05. The number of nitrogens with zero attached hydrogens (tertiary/aromatic N) is 2. The Morgan fingerprint density at radius 1 is 1.33 bits per heavy atom. The van der Waals surface area contributed by atoms with Crippen molar-refractivity contribution in [3.05, 3.63) is 64.2 Å². The third-order valence-corrected chi connectivity index (χ3v) is 3.31. The molecule has 1 amide bonds. The Hall–Kier alpha value is -2.89. The highest BCUT2D eigenvalue weighted by Gasteiger charge is 2.15. The number of aromatic amines is 1. The smallest absolute Gasteiger partial charge is 0.275 e. The number of benzene rings is 1. The molecule has 2 aromatic heterocycles. The average Bonchev–Trinajstić information content (AvgIpc) is 2.84. The van der Waals surface area contributed by atoms with Crippen LogP contribution >= 0.6 is 0 Å². The molecule has 3 rings (SSSR count). The molecule has 0 bridgehead atoms. The maximum absolute atomic E-state index is 12.5. The summed E-state index contributed by atoms with van der Waals surface area (Å²) >= 11 is 0. The van der Waals surface area contributed by atoms with E-state index in [9.17, 15) is 9.59 Å². The predicted molar refractivity (Wildman–Crippen MR) is 79.3 cm³/mol. The molecule has 0 aliphatic heterocycles. The Labute approximate surface area is 120 Å². The predicted octanol–water partition coefficient (Wildman–Crippen LogP) is 1.13. The molecule has 2 heterocycles. The second-order valence-electron chi connectivity index (χ2n) is 4.67. The van der Waals surface area contributed by atoms with Gasteiger partial charge < -0.3 is 5.32 Å². The maximum Gasteiger partial charge on any atom is 0.275 e. The number of carbonyl (C=O) groups is 1. The van der Waals surface area contributed by atoms with E-state index in [-0.39, 0.29) is 11.5 Å². The van der Waals surface area contributed by atoms with Gasteiger partial charge in [-0.3, -0.25) is 19.7 Å². The van der Waals surface area contributed by atoms with Crippen LogP contribution in [0.3, 0.4) is 0 Å². The summed E-state index contributed by atoms with van der Waals surface area (Å²) in [7, 11) is 1.54. The molecule has 0 aliphatic rings. The number of H-pyrrole nitrogens is 1. The summed E-state index contributed by atoms with van der Waals surface area (Å²) in [5.41, 5.74) is 1.71. The van der Waals surface area contributed by atoms with Crippen molar-refractivity contribution < 1.29 is 4.79 Å². The molecule has 0 fully saturated rings. The highest BCUT2D eigenvalue weighted by Crippen LogP contribution is 2.14. The second-order valence-corrected chi connectivity index (χ2v) is 4.67. The monoisotopic (exact) mass is 282 g/mol. The van der Waals surface area contributed by atoms with Crippen LogP contribution in [-0.2, 0) is 6.54 Å².